The topological polar surface area (TPSA) is 52.4 Å². The van der Waals surface area contributed by atoms with Crippen molar-refractivity contribution in [2.75, 3.05) is 14.2 Å². The minimum atomic E-state index is 0.738. The van der Waals surface area contributed by atoms with Crippen molar-refractivity contribution in [3.05, 3.63) is 102 Å². The van der Waals surface area contributed by atoms with Gasteiger partial charge in [-0.05, 0) is 60.0 Å². The second kappa shape index (κ2) is 10.1. The minimum absolute atomic E-state index is 0.738. The lowest BCUT2D eigenvalue weighted by Gasteiger charge is -2.23. The van der Waals surface area contributed by atoms with Gasteiger partial charge in [0.25, 0.3) is 0 Å². The van der Waals surface area contributed by atoms with Gasteiger partial charge in [0.05, 0.1) is 14.2 Å². The summed E-state index contributed by atoms with van der Waals surface area (Å²) in [5.41, 5.74) is 4.76. The fourth-order valence-corrected chi connectivity index (χ4v) is 3.82. The van der Waals surface area contributed by atoms with Crippen LogP contribution >= 0.6 is 0 Å². The number of pyridine rings is 1. The van der Waals surface area contributed by atoms with Gasteiger partial charge in [-0.2, -0.15) is 0 Å². The van der Waals surface area contributed by atoms with Crippen LogP contribution < -0.4 is 9.47 Å². The van der Waals surface area contributed by atoms with E-state index < -0.39 is 0 Å². The number of hydrogen-bond acceptors (Lipinski definition) is 5. The van der Waals surface area contributed by atoms with Gasteiger partial charge in [-0.3, -0.25) is 9.88 Å². The van der Waals surface area contributed by atoms with Gasteiger partial charge in [0.1, 0.15) is 5.82 Å². The van der Waals surface area contributed by atoms with E-state index in [4.69, 9.17) is 9.47 Å². The molecule has 4 aromatic rings. The maximum absolute atomic E-state index is 5.49. The van der Waals surface area contributed by atoms with Gasteiger partial charge in [0.2, 0.25) is 0 Å². The van der Waals surface area contributed by atoms with Gasteiger partial charge >= 0.3 is 0 Å². The Labute approximate surface area is 189 Å². The Kier molecular flexibility index (Phi) is 6.82. The second-order valence-corrected chi connectivity index (χ2v) is 7.70. The Morgan fingerprint density at radius 3 is 2.00 bits per heavy atom. The third kappa shape index (κ3) is 5.15. The molecule has 6 nitrogen and oxygen atoms in total. The molecule has 0 unspecified atom stereocenters. The molecule has 164 valence electrons. The van der Waals surface area contributed by atoms with Crippen molar-refractivity contribution in [1.82, 2.24) is 19.4 Å². The molecule has 2 heterocycles. The van der Waals surface area contributed by atoms with Gasteiger partial charge in [0.15, 0.2) is 11.5 Å². The molecule has 0 saturated heterocycles. The molecular weight excluding hydrogens is 400 g/mol. The minimum Gasteiger partial charge on any atom is -0.493 e. The first-order chi connectivity index (χ1) is 15.7. The molecule has 0 bridgehead atoms. The highest BCUT2D eigenvalue weighted by molar-refractivity contribution is 5.43. The summed E-state index contributed by atoms with van der Waals surface area (Å²) in [7, 11) is 3.32. The zero-order valence-corrected chi connectivity index (χ0v) is 18.7. The predicted octanol–water partition coefficient (Wildman–Crippen LogP) is 4.80. The molecule has 0 atom stereocenters. The van der Waals surface area contributed by atoms with Crippen LogP contribution in [-0.4, -0.2) is 33.7 Å². The van der Waals surface area contributed by atoms with E-state index in [9.17, 15) is 0 Å². The molecule has 0 aliphatic carbocycles. The Morgan fingerprint density at radius 2 is 1.38 bits per heavy atom. The Balaban J connectivity index is 1.55. The number of ether oxygens (including phenoxy) is 2. The largest absolute Gasteiger partial charge is 0.493 e. The molecule has 6 heteroatoms. The second-order valence-electron chi connectivity index (χ2n) is 7.70. The Morgan fingerprint density at radius 1 is 0.750 bits per heavy atom. The van der Waals surface area contributed by atoms with Gasteiger partial charge in [0, 0.05) is 50.1 Å². The summed E-state index contributed by atoms with van der Waals surface area (Å²) < 4.78 is 13.0. The lowest BCUT2D eigenvalue weighted by atomic mass is 10.1. The average molecular weight is 429 g/mol. The number of hydrogen-bond donors (Lipinski definition) is 0. The summed E-state index contributed by atoms with van der Waals surface area (Å²) in [5.74, 6) is 2.46. The molecule has 0 N–H and O–H groups in total. The van der Waals surface area contributed by atoms with Crippen LogP contribution in [0, 0.1) is 6.92 Å². The third-order valence-electron chi connectivity index (χ3n) is 5.46. The van der Waals surface area contributed by atoms with Crippen LogP contribution in [0.3, 0.4) is 0 Å². The first kappa shape index (κ1) is 21.6. The zero-order chi connectivity index (χ0) is 22.3. The first-order valence-corrected chi connectivity index (χ1v) is 10.6. The van der Waals surface area contributed by atoms with Crippen LogP contribution in [-0.2, 0) is 19.6 Å². The molecule has 0 saturated carbocycles. The summed E-state index contributed by atoms with van der Waals surface area (Å²) in [6, 6.07) is 18.9. The van der Waals surface area contributed by atoms with Crippen molar-refractivity contribution < 1.29 is 9.47 Å². The highest BCUT2D eigenvalue weighted by Crippen LogP contribution is 2.28. The van der Waals surface area contributed by atoms with Crippen LogP contribution in [0.1, 0.15) is 22.5 Å². The van der Waals surface area contributed by atoms with E-state index in [1.807, 2.05) is 43.8 Å². The standard InChI is InChI=1S/C26H28N4O2/c1-20-28-14-15-30(20)24-7-4-21(5-8-24)17-29(18-22-10-12-27-13-11-22)19-23-6-9-25(31-2)26(16-23)32-3/h4-16H,17-19H2,1-3H3. The first-order valence-electron chi connectivity index (χ1n) is 10.6. The van der Waals surface area contributed by atoms with E-state index in [2.05, 4.69) is 61.9 Å². The maximum Gasteiger partial charge on any atom is 0.161 e. The highest BCUT2D eigenvalue weighted by atomic mass is 16.5. The highest BCUT2D eigenvalue weighted by Gasteiger charge is 2.12. The molecule has 0 radical (unpaired) electrons. The van der Waals surface area contributed by atoms with E-state index in [-0.39, 0.29) is 0 Å². The quantitative estimate of drug-likeness (QED) is 0.383. The van der Waals surface area contributed by atoms with E-state index in [1.165, 1.54) is 16.7 Å². The average Bonchev–Trinajstić information content (AvgIpc) is 3.26. The molecule has 2 aromatic carbocycles. The summed E-state index contributed by atoms with van der Waals surface area (Å²) in [4.78, 5) is 10.9. The van der Waals surface area contributed by atoms with Crippen LogP contribution in [0.25, 0.3) is 5.69 Å². The maximum atomic E-state index is 5.49. The molecule has 0 aliphatic rings. The van der Waals surface area contributed by atoms with Crippen molar-refractivity contribution in [3.8, 4) is 17.2 Å². The monoisotopic (exact) mass is 428 g/mol. The summed E-state index contributed by atoms with van der Waals surface area (Å²) in [6.07, 6.45) is 7.48. The van der Waals surface area contributed by atoms with Crippen LogP contribution in [0.4, 0.5) is 0 Å². The summed E-state index contributed by atoms with van der Waals surface area (Å²) in [5, 5.41) is 0. The number of rotatable bonds is 9. The van der Waals surface area contributed by atoms with Gasteiger partial charge in [-0.15, -0.1) is 0 Å². The number of aromatic nitrogens is 3. The summed E-state index contributed by atoms with van der Waals surface area (Å²) in [6.45, 7) is 4.43. The fraction of sp³-hybridized carbons (Fsp3) is 0.231. The number of nitrogens with zero attached hydrogens (tertiary/aromatic N) is 4. The lowest BCUT2D eigenvalue weighted by Crippen LogP contribution is -2.22. The fourth-order valence-electron chi connectivity index (χ4n) is 3.82. The zero-order valence-electron chi connectivity index (χ0n) is 18.7. The molecule has 4 rings (SSSR count). The Bertz CT molecular complexity index is 1140. The van der Waals surface area contributed by atoms with E-state index >= 15 is 0 Å². The Hall–Kier alpha value is -3.64. The number of methoxy groups -OCH3 is 2. The SMILES string of the molecule is COc1ccc(CN(Cc2ccncc2)Cc2ccc(-n3ccnc3C)cc2)cc1OC. The third-order valence-corrected chi connectivity index (χ3v) is 5.46. The van der Waals surface area contributed by atoms with Crippen molar-refractivity contribution in [1.29, 1.82) is 0 Å². The molecular formula is C26H28N4O2. The molecule has 0 fully saturated rings. The van der Waals surface area contributed by atoms with Crippen molar-refractivity contribution in [2.24, 2.45) is 0 Å². The van der Waals surface area contributed by atoms with Crippen LogP contribution in [0.15, 0.2) is 79.4 Å². The molecule has 0 aliphatic heterocycles. The number of benzene rings is 2. The van der Waals surface area contributed by atoms with E-state index in [0.29, 0.717) is 0 Å². The van der Waals surface area contributed by atoms with E-state index in [0.717, 1.165) is 42.6 Å². The molecule has 2 aromatic heterocycles. The normalized spacial score (nSPS) is 11.0. The smallest absolute Gasteiger partial charge is 0.161 e. The van der Waals surface area contributed by atoms with E-state index in [1.54, 1.807) is 14.2 Å². The number of aryl methyl sites for hydroxylation is 1. The number of imidazole rings is 1. The van der Waals surface area contributed by atoms with Crippen molar-refractivity contribution >= 4 is 0 Å². The predicted molar refractivity (Wildman–Crippen MR) is 125 cm³/mol. The molecule has 32 heavy (non-hydrogen) atoms. The summed E-state index contributed by atoms with van der Waals surface area (Å²) >= 11 is 0. The van der Waals surface area contributed by atoms with Crippen molar-refractivity contribution in [2.45, 2.75) is 26.6 Å². The van der Waals surface area contributed by atoms with Gasteiger partial charge < -0.3 is 14.0 Å². The van der Waals surface area contributed by atoms with Crippen LogP contribution in [0.2, 0.25) is 0 Å². The van der Waals surface area contributed by atoms with Gasteiger partial charge in [-0.1, -0.05) is 18.2 Å². The molecule has 0 spiro atoms. The van der Waals surface area contributed by atoms with Crippen molar-refractivity contribution in [3.63, 3.8) is 0 Å². The van der Waals surface area contributed by atoms with Crippen LogP contribution in [0.5, 0.6) is 11.5 Å². The molecule has 0 amide bonds. The van der Waals surface area contributed by atoms with Gasteiger partial charge in [-0.25, -0.2) is 4.98 Å². The lowest BCUT2D eigenvalue weighted by molar-refractivity contribution is 0.247.